The lowest BCUT2D eigenvalue weighted by Crippen LogP contribution is -2.47. The van der Waals surface area contributed by atoms with Gasteiger partial charge in [0.25, 0.3) is 0 Å². The Balaban J connectivity index is 1.26. The first-order valence-corrected chi connectivity index (χ1v) is 14.1. The number of fused-ring (bicyclic) bond motifs is 1. The number of alkyl halides is 5. The first-order chi connectivity index (χ1) is 19.5. The number of aromatic nitrogens is 3. The van der Waals surface area contributed by atoms with Gasteiger partial charge in [-0.05, 0) is 85.4 Å². The van der Waals surface area contributed by atoms with E-state index in [-0.39, 0.29) is 23.9 Å². The number of aryl methyl sites for hydroxylation is 1. The van der Waals surface area contributed by atoms with E-state index in [2.05, 4.69) is 22.4 Å². The van der Waals surface area contributed by atoms with E-state index < -0.39 is 24.5 Å². The Kier molecular flexibility index (Phi) is 7.30. The Hall–Kier alpha value is -3.05. The maximum Gasteiger partial charge on any atom is 0.416 e. The Morgan fingerprint density at radius 1 is 1.12 bits per heavy atom. The van der Waals surface area contributed by atoms with Crippen molar-refractivity contribution in [2.45, 2.75) is 89.0 Å². The largest absolute Gasteiger partial charge is 0.416 e. The van der Waals surface area contributed by atoms with Crippen LogP contribution < -0.4 is 10.2 Å². The maximum atomic E-state index is 14.2. The van der Waals surface area contributed by atoms with E-state index in [9.17, 15) is 22.0 Å². The van der Waals surface area contributed by atoms with Crippen molar-refractivity contribution in [3.05, 3.63) is 76.4 Å². The van der Waals surface area contributed by atoms with Gasteiger partial charge >= 0.3 is 12.8 Å². The summed E-state index contributed by atoms with van der Waals surface area (Å²) >= 11 is 0. The third kappa shape index (κ3) is 5.70. The molecule has 2 fully saturated rings. The molecule has 41 heavy (non-hydrogen) atoms. The van der Waals surface area contributed by atoms with Crippen LogP contribution >= 0.6 is 0 Å². The molecule has 11 heteroatoms. The summed E-state index contributed by atoms with van der Waals surface area (Å²) in [6.07, 6.45) is 0.773. The van der Waals surface area contributed by atoms with Crippen LogP contribution in [0, 0.1) is 5.92 Å². The van der Waals surface area contributed by atoms with Gasteiger partial charge in [-0.3, -0.25) is 0 Å². The molecule has 6 nitrogen and oxygen atoms in total. The van der Waals surface area contributed by atoms with Gasteiger partial charge in [-0.1, -0.05) is 18.2 Å². The molecule has 1 aromatic heterocycles. The molecule has 3 aromatic rings. The van der Waals surface area contributed by atoms with Crippen LogP contribution in [0.4, 0.5) is 27.6 Å². The van der Waals surface area contributed by atoms with E-state index in [1.165, 1.54) is 6.07 Å². The van der Waals surface area contributed by atoms with E-state index >= 15 is 0 Å². The van der Waals surface area contributed by atoms with Crippen molar-refractivity contribution in [2.24, 2.45) is 13.0 Å². The van der Waals surface area contributed by atoms with Crippen LogP contribution in [0.25, 0.3) is 0 Å². The summed E-state index contributed by atoms with van der Waals surface area (Å²) in [6.45, 7) is 0.233. The molecule has 2 aromatic carbocycles. The van der Waals surface area contributed by atoms with Crippen molar-refractivity contribution >= 4 is 5.69 Å². The van der Waals surface area contributed by atoms with E-state index in [0.717, 1.165) is 30.5 Å². The smallest absolute Gasteiger partial charge is 0.363 e. The molecule has 3 aliphatic rings. The lowest BCUT2D eigenvalue weighted by Gasteiger charge is -2.39. The summed E-state index contributed by atoms with van der Waals surface area (Å²) in [6, 6.07) is 10.9. The molecule has 0 spiro atoms. The van der Waals surface area contributed by atoms with E-state index in [0.29, 0.717) is 48.4 Å². The van der Waals surface area contributed by atoms with Gasteiger partial charge in [0.2, 0.25) is 0 Å². The Bertz CT molecular complexity index is 1400. The molecule has 6 rings (SSSR count). The first-order valence-electron chi connectivity index (χ1n) is 14.1. The highest BCUT2D eigenvalue weighted by atomic mass is 19.4. The number of nitrogens with zero attached hydrogens (tertiary/aromatic N) is 4. The van der Waals surface area contributed by atoms with Crippen molar-refractivity contribution in [3.63, 3.8) is 0 Å². The minimum Gasteiger partial charge on any atom is -0.363 e. The van der Waals surface area contributed by atoms with E-state index in [4.69, 9.17) is 4.74 Å². The predicted octanol–water partition coefficient (Wildman–Crippen LogP) is 6.54. The van der Waals surface area contributed by atoms with Crippen LogP contribution in [-0.4, -0.2) is 33.0 Å². The molecule has 0 amide bonds. The molecule has 0 unspecified atom stereocenters. The van der Waals surface area contributed by atoms with Crippen LogP contribution in [0.1, 0.15) is 78.6 Å². The zero-order chi connectivity index (χ0) is 28.9. The summed E-state index contributed by atoms with van der Waals surface area (Å²) in [4.78, 5) is 1.96. The highest BCUT2D eigenvalue weighted by Crippen LogP contribution is 2.46. The van der Waals surface area contributed by atoms with Gasteiger partial charge in [-0.25, -0.2) is 0 Å². The number of anilines is 1. The monoisotopic (exact) mass is 575 g/mol. The molecule has 1 aliphatic heterocycles. The zero-order valence-corrected chi connectivity index (χ0v) is 23.1. The fraction of sp³-hybridized carbons (Fsp3) is 0.533. The molecule has 1 N–H and O–H groups in total. The first kappa shape index (κ1) is 28.1. The molecule has 220 valence electrons. The molecule has 2 heterocycles. The Morgan fingerprint density at radius 3 is 2.54 bits per heavy atom. The van der Waals surface area contributed by atoms with Crippen LogP contribution in [0.5, 0.6) is 0 Å². The van der Waals surface area contributed by atoms with Crippen LogP contribution in [0.3, 0.4) is 0 Å². The third-order valence-electron chi connectivity index (χ3n) is 9.11. The van der Waals surface area contributed by atoms with Gasteiger partial charge in [-0.15, -0.1) is 10.2 Å². The van der Waals surface area contributed by atoms with E-state index in [1.807, 2.05) is 46.8 Å². The second-order valence-corrected chi connectivity index (χ2v) is 12.0. The van der Waals surface area contributed by atoms with Gasteiger partial charge in [0.05, 0.1) is 11.7 Å². The minimum atomic E-state index is -4.45. The zero-order valence-electron chi connectivity index (χ0n) is 23.1. The predicted molar refractivity (Wildman–Crippen MR) is 143 cm³/mol. The van der Waals surface area contributed by atoms with Gasteiger partial charge in [0.15, 0.2) is 0 Å². The molecule has 2 saturated carbocycles. The average molecular weight is 576 g/mol. The van der Waals surface area contributed by atoms with Crippen molar-refractivity contribution in [3.8, 4) is 0 Å². The van der Waals surface area contributed by atoms with Gasteiger partial charge in [0.1, 0.15) is 12.2 Å². The van der Waals surface area contributed by atoms with Crippen molar-refractivity contribution in [1.29, 1.82) is 0 Å². The number of hydrogen-bond donors (Lipinski definition) is 1. The van der Waals surface area contributed by atoms with Gasteiger partial charge < -0.3 is 19.5 Å². The standard InChI is InChI=1S/C30H34F5N5O/c1-29(7-4-8-29)36-14-18-9-21-15-40(16-24(21)25(10-18)30(33,34)35)22-6-3-5-19(11-22)26(27-38-37-17-39(27)2)20-12-23(13-20)41-28(31)32/h3,5-6,9-11,17,20,23,26,28,36H,4,7-8,12-16H2,1-2H3/t20?,23?,26-/m1/s1. The quantitative estimate of drug-likeness (QED) is 0.294. The molecule has 2 aliphatic carbocycles. The van der Waals surface area contributed by atoms with Crippen LogP contribution in [0.2, 0.25) is 0 Å². The highest BCUT2D eigenvalue weighted by molar-refractivity contribution is 5.57. The Labute approximate surface area is 235 Å². The normalized spacial score (nSPS) is 22.4. The molecular weight excluding hydrogens is 541 g/mol. The van der Waals surface area contributed by atoms with Gasteiger partial charge in [-0.2, -0.15) is 22.0 Å². The summed E-state index contributed by atoms with van der Waals surface area (Å²) < 4.78 is 74.6. The number of halogens is 5. The van der Waals surface area contributed by atoms with Gasteiger partial charge in [0, 0.05) is 43.8 Å². The van der Waals surface area contributed by atoms with Crippen molar-refractivity contribution in [1.82, 2.24) is 20.1 Å². The summed E-state index contributed by atoms with van der Waals surface area (Å²) in [5.41, 5.74) is 2.81. The molecule has 1 atom stereocenters. The fourth-order valence-corrected chi connectivity index (χ4v) is 6.57. The summed E-state index contributed by atoms with van der Waals surface area (Å²) in [5, 5.41) is 11.8. The average Bonchev–Trinajstić information content (AvgIpc) is 3.50. The number of ether oxygens (including phenoxy) is 1. The fourth-order valence-electron chi connectivity index (χ4n) is 6.57. The summed E-state index contributed by atoms with van der Waals surface area (Å²) in [7, 11) is 1.84. The number of benzene rings is 2. The second-order valence-electron chi connectivity index (χ2n) is 12.0. The maximum absolute atomic E-state index is 14.2. The molecule has 0 radical (unpaired) electrons. The summed E-state index contributed by atoms with van der Waals surface area (Å²) in [5.74, 6) is 0.530. The molecule has 0 bridgehead atoms. The lowest BCUT2D eigenvalue weighted by molar-refractivity contribution is -0.192. The Morgan fingerprint density at radius 2 is 1.90 bits per heavy atom. The number of hydrogen-bond acceptors (Lipinski definition) is 5. The molecular formula is C30H34F5N5O. The number of rotatable bonds is 9. The lowest BCUT2D eigenvalue weighted by atomic mass is 9.70. The second kappa shape index (κ2) is 10.7. The topological polar surface area (TPSA) is 55.2 Å². The highest BCUT2D eigenvalue weighted by Gasteiger charge is 2.41. The molecule has 0 saturated heterocycles. The van der Waals surface area contributed by atoms with Crippen LogP contribution in [-0.2, 0) is 37.6 Å². The van der Waals surface area contributed by atoms with Crippen LogP contribution in [0.15, 0.2) is 42.7 Å². The third-order valence-corrected chi connectivity index (χ3v) is 9.11. The SMILES string of the molecule is Cn1cnnc1[C@H](c1cccc(N2Cc3cc(CNC4(C)CCC4)cc(C(F)(F)F)c3C2)c1)C1CC(OC(F)F)C1. The van der Waals surface area contributed by atoms with Crippen molar-refractivity contribution in [2.75, 3.05) is 4.90 Å². The number of nitrogens with one attached hydrogen (secondary N) is 1. The minimum absolute atomic E-state index is 0.00478. The van der Waals surface area contributed by atoms with Crippen molar-refractivity contribution < 1.29 is 26.7 Å². The van der Waals surface area contributed by atoms with E-state index in [1.54, 1.807) is 6.33 Å².